The highest BCUT2D eigenvalue weighted by Gasteiger charge is 2.64. The van der Waals surface area contributed by atoms with Gasteiger partial charge in [-0.15, -0.1) is 0 Å². The molecular weight excluding hydrogens is 464 g/mol. The predicted molar refractivity (Wildman–Crippen MR) is 144 cm³/mol. The number of urea groups is 1. The minimum atomic E-state index is 0.126. The van der Waals surface area contributed by atoms with Crippen LogP contribution in [0.2, 0.25) is 0 Å². The maximum Gasteiger partial charge on any atom is 0.317 e. The molecule has 6 aliphatic rings. The molecule has 6 fully saturated rings. The van der Waals surface area contributed by atoms with Crippen molar-refractivity contribution < 1.29 is 19.4 Å². The largest absolute Gasteiger partial charge is 0.396 e. The Kier molecular flexibility index (Phi) is 7.33. The molecule has 0 radical (unpaired) electrons. The fourth-order valence-corrected chi connectivity index (χ4v) is 10.4. The molecule has 11 atom stereocenters. The van der Waals surface area contributed by atoms with Crippen molar-refractivity contribution in [2.45, 2.75) is 110 Å². The molecule has 4 aliphatic carbocycles. The van der Waals surface area contributed by atoms with Crippen LogP contribution in [0.5, 0.6) is 0 Å². The number of morpholine rings is 1. The molecule has 6 heteroatoms. The van der Waals surface area contributed by atoms with Crippen LogP contribution in [0, 0.1) is 46.3 Å². The van der Waals surface area contributed by atoms with Gasteiger partial charge in [0.05, 0.1) is 25.4 Å². The SMILES string of the molecule is C[C@H](CO)CC[C@@H]1CC2C(CC3[C@@H]4CC[C@@H]5C[C@@H](NC(=O)N6CCOCC6)CC[C@]5(C)C4CC[C@]23C)O1. The maximum absolute atomic E-state index is 12.8. The second kappa shape index (κ2) is 10.3. The van der Waals surface area contributed by atoms with Gasteiger partial charge in [0.15, 0.2) is 0 Å². The zero-order valence-electron chi connectivity index (χ0n) is 23.6. The van der Waals surface area contributed by atoms with Crippen LogP contribution in [0.1, 0.15) is 91.4 Å². The maximum atomic E-state index is 12.8. The molecule has 2 aliphatic heterocycles. The third-order valence-corrected chi connectivity index (χ3v) is 12.7. The number of fused-ring (bicyclic) bond motifs is 7. The molecular formula is C31H52N2O4. The Morgan fingerprint density at radius 1 is 1.00 bits per heavy atom. The van der Waals surface area contributed by atoms with Crippen LogP contribution in [0.15, 0.2) is 0 Å². The van der Waals surface area contributed by atoms with Crippen molar-refractivity contribution in [3.05, 3.63) is 0 Å². The summed E-state index contributed by atoms with van der Waals surface area (Å²) in [5.41, 5.74) is 0.891. The Morgan fingerprint density at radius 3 is 2.57 bits per heavy atom. The zero-order chi connectivity index (χ0) is 25.8. The molecule has 2 amide bonds. The number of carbonyl (C=O) groups excluding carboxylic acids is 1. The van der Waals surface area contributed by atoms with E-state index in [1.54, 1.807) is 0 Å². The van der Waals surface area contributed by atoms with Gasteiger partial charge >= 0.3 is 6.03 Å². The molecule has 4 unspecified atom stereocenters. The Labute approximate surface area is 224 Å². The van der Waals surface area contributed by atoms with E-state index in [1.165, 1.54) is 51.4 Å². The van der Waals surface area contributed by atoms with E-state index >= 15 is 0 Å². The zero-order valence-corrected chi connectivity index (χ0v) is 23.6. The first-order valence-electron chi connectivity index (χ1n) is 15.7. The molecule has 0 spiro atoms. The van der Waals surface area contributed by atoms with Gasteiger partial charge in [-0.2, -0.15) is 0 Å². The summed E-state index contributed by atoms with van der Waals surface area (Å²) >= 11 is 0. The number of nitrogens with one attached hydrogen (secondary N) is 1. The number of rotatable bonds is 5. The number of aliphatic hydroxyl groups excluding tert-OH is 1. The summed E-state index contributed by atoms with van der Waals surface area (Å²) < 4.78 is 12.1. The Bertz CT molecular complexity index is 832. The van der Waals surface area contributed by atoms with E-state index < -0.39 is 0 Å². The van der Waals surface area contributed by atoms with Crippen molar-refractivity contribution in [1.82, 2.24) is 10.2 Å². The van der Waals surface area contributed by atoms with E-state index in [2.05, 4.69) is 26.1 Å². The summed E-state index contributed by atoms with van der Waals surface area (Å²) in [5.74, 6) is 4.42. The average molecular weight is 517 g/mol. The Balaban J connectivity index is 1.07. The van der Waals surface area contributed by atoms with Crippen molar-refractivity contribution >= 4 is 6.03 Å². The molecule has 6 rings (SSSR count). The van der Waals surface area contributed by atoms with Crippen LogP contribution < -0.4 is 5.32 Å². The number of hydrogen-bond acceptors (Lipinski definition) is 4. The molecule has 0 bridgehead atoms. The monoisotopic (exact) mass is 516 g/mol. The van der Waals surface area contributed by atoms with E-state index in [-0.39, 0.29) is 6.03 Å². The summed E-state index contributed by atoms with van der Waals surface area (Å²) in [6.07, 6.45) is 14.7. The number of ether oxygens (including phenoxy) is 2. The molecule has 2 heterocycles. The number of hydrogen-bond donors (Lipinski definition) is 2. The van der Waals surface area contributed by atoms with Crippen LogP contribution in [0.25, 0.3) is 0 Å². The molecule has 0 aromatic heterocycles. The van der Waals surface area contributed by atoms with Gasteiger partial charge in [-0.1, -0.05) is 20.8 Å². The lowest BCUT2D eigenvalue weighted by Crippen LogP contribution is -2.56. The Hall–Kier alpha value is -0.850. The quantitative estimate of drug-likeness (QED) is 0.525. The van der Waals surface area contributed by atoms with E-state index in [0.717, 1.165) is 61.9 Å². The summed E-state index contributed by atoms with van der Waals surface area (Å²) in [4.78, 5) is 14.8. The highest BCUT2D eigenvalue weighted by Crippen LogP contribution is 2.69. The van der Waals surface area contributed by atoms with E-state index in [9.17, 15) is 9.90 Å². The minimum Gasteiger partial charge on any atom is -0.396 e. The molecule has 37 heavy (non-hydrogen) atoms. The number of nitrogens with zero attached hydrogens (tertiary/aromatic N) is 1. The van der Waals surface area contributed by atoms with Crippen molar-refractivity contribution in [2.75, 3.05) is 32.9 Å². The first-order valence-corrected chi connectivity index (χ1v) is 15.7. The van der Waals surface area contributed by atoms with E-state index in [4.69, 9.17) is 9.47 Å². The lowest BCUT2D eigenvalue weighted by molar-refractivity contribution is -0.115. The molecule has 210 valence electrons. The van der Waals surface area contributed by atoms with Crippen molar-refractivity contribution in [1.29, 1.82) is 0 Å². The van der Waals surface area contributed by atoms with Crippen LogP contribution in [0.3, 0.4) is 0 Å². The van der Waals surface area contributed by atoms with Crippen LogP contribution in [0.4, 0.5) is 4.79 Å². The number of amides is 2. The summed E-state index contributed by atoms with van der Waals surface area (Å²) in [6.45, 7) is 10.5. The molecule has 6 nitrogen and oxygen atoms in total. The Morgan fingerprint density at radius 2 is 1.78 bits per heavy atom. The topological polar surface area (TPSA) is 71.0 Å². The van der Waals surface area contributed by atoms with Crippen molar-refractivity contribution in [2.24, 2.45) is 46.3 Å². The average Bonchev–Trinajstić information content (AvgIpc) is 3.44. The third kappa shape index (κ3) is 4.65. The standard InChI is InChI=1S/C31H52N2O4/c1-20(19-34)4-6-23-17-27-28(37-23)18-26-24-7-5-21-16-22(32-29(35)33-12-14-36-15-13-33)8-10-30(21,2)25(24)9-11-31(26,27)3/h20-28,34H,4-19H2,1-3H3,(H,32,35)/t20-,21+,22-,23+,24+,25?,26?,27?,28?,30-,31-/m0/s1. The van der Waals surface area contributed by atoms with Crippen molar-refractivity contribution in [3.63, 3.8) is 0 Å². The molecule has 0 aromatic rings. The molecule has 2 N–H and O–H groups in total. The highest BCUT2D eigenvalue weighted by molar-refractivity contribution is 5.74. The fourth-order valence-electron chi connectivity index (χ4n) is 10.4. The van der Waals surface area contributed by atoms with Gasteiger partial charge in [-0.3, -0.25) is 0 Å². The predicted octanol–water partition coefficient (Wildman–Crippen LogP) is 5.23. The van der Waals surface area contributed by atoms with Crippen molar-refractivity contribution in [3.8, 4) is 0 Å². The first kappa shape index (κ1) is 26.4. The van der Waals surface area contributed by atoms with Gasteiger partial charge in [-0.05, 0) is 117 Å². The second-order valence-electron chi connectivity index (χ2n) is 14.5. The lowest BCUT2D eigenvalue weighted by atomic mass is 9.44. The van der Waals surface area contributed by atoms with Crippen LogP contribution >= 0.6 is 0 Å². The second-order valence-corrected chi connectivity index (χ2v) is 14.5. The smallest absolute Gasteiger partial charge is 0.317 e. The minimum absolute atomic E-state index is 0.126. The van der Waals surface area contributed by atoms with E-state index in [0.29, 0.717) is 54.8 Å². The summed E-state index contributed by atoms with van der Waals surface area (Å²) in [7, 11) is 0. The van der Waals surface area contributed by atoms with Gasteiger partial charge < -0.3 is 24.8 Å². The third-order valence-electron chi connectivity index (χ3n) is 12.7. The van der Waals surface area contributed by atoms with Gasteiger partial charge in [0, 0.05) is 25.7 Å². The van der Waals surface area contributed by atoms with Gasteiger partial charge in [-0.25, -0.2) is 4.79 Å². The number of carbonyl (C=O) groups is 1. The van der Waals surface area contributed by atoms with Crippen LogP contribution in [-0.4, -0.2) is 67.2 Å². The first-order chi connectivity index (χ1) is 17.8. The molecule has 4 saturated carbocycles. The summed E-state index contributed by atoms with van der Waals surface area (Å²) in [5, 5.41) is 12.8. The van der Waals surface area contributed by atoms with Crippen LogP contribution in [-0.2, 0) is 9.47 Å². The highest BCUT2D eigenvalue weighted by atomic mass is 16.5. The van der Waals surface area contributed by atoms with Gasteiger partial charge in [0.2, 0.25) is 0 Å². The summed E-state index contributed by atoms with van der Waals surface area (Å²) in [6, 6.07) is 0.462. The normalized spacial score (nSPS) is 47.9. The van der Waals surface area contributed by atoms with E-state index in [1.807, 2.05) is 4.90 Å². The number of aliphatic hydroxyl groups is 1. The fraction of sp³-hybridized carbons (Fsp3) is 0.968. The lowest BCUT2D eigenvalue weighted by Gasteiger charge is -2.61. The van der Waals surface area contributed by atoms with Gasteiger partial charge in [0.25, 0.3) is 0 Å². The molecule has 2 saturated heterocycles. The molecule has 0 aromatic carbocycles. The van der Waals surface area contributed by atoms with Gasteiger partial charge in [0.1, 0.15) is 0 Å².